The molecule has 3 atom stereocenters. The minimum absolute atomic E-state index is 0.0209. The Kier molecular flexibility index (Phi) is 7.09. The number of carbonyl (C=O) groups excluding carboxylic acids is 2. The Bertz CT molecular complexity index is 873. The summed E-state index contributed by atoms with van der Waals surface area (Å²) in [4.78, 5) is 30.3. The second-order valence-electron chi connectivity index (χ2n) is 9.72. The molecule has 178 valence electrons. The summed E-state index contributed by atoms with van der Waals surface area (Å²) in [7, 11) is 0. The van der Waals surface area contributed by atoms with Crippen LogP contribution in [0.2, 0.25) is 0 Å². The first kappa shape index (κ1) is 22.6. The fourth-order valence-electron chi connectivity index (χ4n) is 5.83. The molecule has 1 saturated heterocycles. The number of hydrogen-bond donors (Lipinski definition) is 2. The molecular formula is C25H35N5O2S. The van der Waals surface area contributed by atoms with E-state index in [-0.39, 0.29) is 30.1 Å². The van der Waals surface area contributed by atoms with Crippen LogP contribution in [0.4, 0.5) is 0 Å². The van der Waals surface area contributed by atoms with Gasteiger partial charge in [0, 0.05) is 18.6 Å². The van der Waals surface area contributed by atoms with E-state index in [4.69, 9.17) is 0 Å². The Morgan fingerprint density at radius 1 is 1.06 bits per heavy atom. The van der Waals surface area contributed by atoms with Gasteiger partial charge in [0.25, 0.3) is 0 Å². The van der Waals surface area contributed by atoms with Crippen LogP contribution in [0.25, 0.3) is 0 Å². The van der Waals surface area contributed by atoms with E-state index in [9.17, 15) is 9.59 Å². The van der Waals surface area contributed by atoms with Gasteiger partial charge < -0.3 is 15.1 Å². The van der Waals surface area contributed by atoms with E-state index in [0.29, 0.717) is 18.3 Å². The molecule has 4 aliphatic rings. The maximum atomic E-state index is 13.5. The predicted octanol–water partition coefficient (Wildman–Crippen LogP) is 3.27. The topological polar surface area (TPSA) is 77.0 Å². The molecule has 2 aliphatic carbocycles. The summed E-state index contributed by atoms with van der Waals surface area (Å²) >= 11 is 1.50. The zero-order valence-corrected chi connectivity index (χ0v) is 20.1. The lowest BCUT2D eigenvalue weighted by atomic mass is 9.81. The highest BCUT2D eigenvalue weighted by Gasteiger charge is 2.50. The van der Waals surface area contributed by atoms with E-state index in [2.05, 4.69) is 32.9 Å². The molecule has 1 aromatic carbocycles. The maximum absolute atomic E-state index is 13.5. The lowest BCUT2D eigenvalue weighted by Gasteiger charge is -2.50. The van der Waals surface area contributed by atoms with Gasteiger partial charge in [-0.05, 0) is 37.7 Å². The zero-order chi connectivity index (χ0) is 22.6. The molecule has 7 nitrogen and oxygen atoms in total. The second-order valence-corrected chi connectivity index (χ2v) is 10.7. The van der Waals surface area contributed by atoms with Crippen LogP contribution in [0.1, 0.15) is 63.4 Å². The third-order valence-electron chi connectivity index (χ3n) is 7.53. The number of amides is 2. The van der Waals surface area contributed by atoms with E-state index < -0.39 is 0 Å². The van der Waals surface area contributed by atoms with Gasteiger partial charge in [0.1, 0.15) is 0 Å². The lowest BCUT2D eigenvalue weighted by molar-refractivity contribution is -0.155. The van der Waals surface area contributed by atoms with Gasteiger partial charge in [0.15, 0.2) is 11.5 Å². The molecule has 2 heterocycles. The van der Waals surface area contributed by atoms with Crippen molar-refractivity contribution in [3.8, 4) is 0 Å². The third-order valence-corrected chi connectivity index (χ3v) is 8.50. The van der Waals surface area contributed by atoms with Crippen LogP contribution < -0.4 is 10.7 Å². The minimum Gasteiger partial charge on any atom is -0.353 e. The molecule has 5 rings (SSSR count). The van der Waals surface area contributed by atoms with Gasteiger partial charge in [0.05, 0.1) is 11.7 Å². The number of rotatable bonds is 6. The highest BCUT2D eigenvalue weighted by Crippen LogP contribution is 2.38. The molecule has 2 aliphatic heterocycles. The van der Waals surface area contributed by atoms with E-state index in [1.807, 2.05) is 23.1 Å². The van der Waals surface area contributed by atoms with Gasteiger partial charge in [-0.2, -0.15) is 5.10 Å². The first-order valence-corrected chi connectivity index (χ1v) is 13.6. The summed E-state index contributed by atoms with van der Waals surface area (Å²) in [6.45, 7) is 0.663. The van der Waals surface area contributed by atoms with Crippen molar-refractivity contribution in [3.63, 3.8) is 0 Å². The lowest BCUT2D eigenvalue weighted by Crippen LogP contribution is -2.67. The average molecular weight is 470 g/mol. The predicted molar refractivity (Wildman–Crippen MR) is 131 cm³/mol. The quantitative estimate of drug-likeness (QED) is 0.669. The summed E-state index contributed by atoms with van der Waals surface area (Å²) in [5.74, 6) is 0.732. The molecule has 8 heteroatoms. The van der Waals surface area contributed by atoms with Crippen LogP contribution in [0.3, 0.4) is 0 Å². The smallest absolute Gasteiger partial charge is 0.230 e. The van der Waals surface area contributed by atoms with Crippen LogP contribution in [0.15, 0.2) is 35.4 Å². The first-order valence-electron chi connectivity index (χ1n) is 12.6. The summed E-state index contributed by atoms with van der Waals surface area (Å²) in [5, 5.41) is 8.67. The van der Waals surface area contributed by atoms with Crippen LogP contribution >= 0.6 is 11.8 Å². The fraction of sp³-hybridized carbons (Fsp3) is 0.640. The van der Waals surface area contributed by atoms with Gasteiger partial charge in [-0.25, -0.2) is 0 Å². The summed E-state index contributed by atoms with van der Waals surface area (Å²) in [6, 6.07) is 10.8. The largest absolute Gasteiger partial charge is 0.353 e. The van der Waals surface area contributed by atoms with Crippen molar-refractivity contribution in [2.45, 2.75) is 82.6 Å². The Balaban J connectivity index is 1.24. The number of thioether (sulfide) groups is 1. The summed E-state index contributed by atoms with van der Waals surface area (Å²) < 4.78 is 0. The molecule has 33 heavy (non-hydrogen) atoms. The van der Waals surface area contributed by atoms with Gasteiger partial charge >= 0.3 is 0 Å². The number of benzene rings is 1. The van der Waals surface area contributed by atoms with Crippen molar-refractivity contribution in [2.24, 2.45) is 11.0 Å². The van der Waals surface area contributed by atoms with Crippen molar-refractivity contribution in [1.82, 2.24) is 20.5 Å². The van der Waals surface area contributed by atoms with Gasteiger partial charge in [0.2, 0.25) is 11.8 Å². The highest BCUT2D eigenvalue weighted by molar-refractivity contribution is 8.14. The maximum Gasteiger partial charge on any atom is 0.230 e. The van der Waals surface area contributed by atoms with E-state index >= 15 is 0 Å². The molecule has 2 amide bonds. The molecule has 0 aromatic heterocycles. The number of fused-ring (bicyclic) bond motifs is 3. The molecule has 0 spiro atoms. The molecule has 3 unspecified atom stereocenters. The molecule has 0 radical (unpaired) electrons. The van der Waals surface area contributed by atoms with Gasteiger partial charge in [-0.1, -0.05) is 74.2 Å². The third kappa shape index (κ3) is 5.00. The van der Waals surface area contributed by atoms with Crippen LogP contribution in [-0.4, -0.2) is 57.5 Å². The van der Waals surface area contributed by atoms with Crippen LogP contribution in [0, 0.1) is 5.92 Å². The zero-order valence-electron chi connectivity index (χ0n) is 19.2. The molecule has 0 bridgehead atoms. The number of carbonyl (C=O) groups is 2. The number of hydrogen-bond acceptors (Lipinski definition) is 6. The van der Waals surface area contributed by atoms with Crippen molar-refractivity contribution in [1.29, 1.82) is 0 Å². The number of nitrogens with zero attached hydrogens (tertiary/aromatic N) is 3. The Morgan fingerprint density at radius 2 is 1.82 bits per heavy atom. The average Bonchev–Trinajstić information content (AvgIpc) is 3.28. The summed E-state index contributed by atoms with van der Waals surface area (Å²) in [5.41, 5.74) is 4.46. The van der Waals surface area contributed by atoms with Crippen molar-refractivity contribution >= 4 is 28.7 Å². The fourth-order valence-corrected chi connectivity index (χ4v) is 6.67. The highest BCUT2D eigenvalue weighted by atomic mass is 32.2. The van der Waals surface area contributed by atoms with Crippen molar-refractivity contribution < 1.29 is 9.59 Å². The van der Waals surface area contributed by atoms with E-state index in [1.165, 1.54) is 36.6 Å². The van der Waals surface area contributed by atoms with E-state index in [1.54, 1.807) is 0 Å². The van der Waals surface area contributed by atoms with Gasteiger partial charge in [-0.3, -0.25) is 15.0 Å². The standard InChI is InChI=1S/C25H35N5O2S/c31-22(26-19-11-5-2-6-12-19)17-33-25-28-27-24-29(16-15-18-9-3-1-4-10-18)23(32)20-13-7-8-14-21(20)30(24)25/h1,3-4,9-10,19-21,24,27H,2,5-8,11-17H2,(H,26,31). The number of nitrogens with one attached hydrogen (secondary N) is 2. The molecule has 3 fully saturated rings. The Morgan fingerprint density at radius 3 is 2.64 bits per heavy atom. The molecule has 2 N–H and O–H groups in total. The molecule has 2 saturated carbocycles. The number of amidine groups is 1. The Labute approximate surface area is 200 Å². The normalized spacial score (nSPS) is 27.5. The first-order chi connectivity index (χ1) is 16.2. The van der Waals surface area contributed by atoms with Crippen LogP contribution in [-0.2, 0) is 16.0 Å². The molecular weight excluding hydrogens is 434 g/mol. The van der Waals surface area contributed by atoms with Crippen molar-refractivity contribution in [2.75, 3.05) is 12.3 Å². The van der Waals surface area contributed by atoms with E-state index in [0.717, 1.165) is 50.1 Å². The SMILES string of the molecule is O=C(CSC1=NNC2N(CCc3ccccc3)C(=O)C3CCCCC3N12)NC1CCCCC1. The van der Waals surface area contributed by atoms with Crippen LogP contribution in [0.5, 0.6) is 0 Å². The Hall–Kier alpha value is -2.22. The molecule has 1 aromatic rings. The summed E-state index contributed by atoms with van der Waals surface area (Å²) in [6.07, 6.45) is 10.7. The van der Waals surface area contributed by atoms with Gasteiger partial charge in [-0.15, -0.1) is 0 Å². The second kappa shape index (κ2) is 10.4. The number of hydrazone groups is 1. The van der Waals surface area contributed by atoms with Crippen molar-refractivity contribution in [3.05, 3.63) is 35.9 Å². The monoisotopic (exact) mass is 469 g/mol. The minimum atomic E-state index is -0.246.